The predicted octanol–water partition coefficient (Wildman–Crippen LogP) is 10.2. The van der Waals surface area contributed by atoms with Crippen molar-refractivity contribution in [3.05, 3.63) is 117 Å². The minimum absolute atomic E-state index is 0.0210. The van der Waals surface area contributed by atoms with Gasteiger partial charge < -0.3 is 19.9 Å². The first-order valence-electron chi connectivity index (χ1n) is 23.8. The highest BCUT2D eigenvalue weighted by Gasteiger charge is 2.44. The number of hydrogen-bond donors (Lipinski definition) is 3. The number of anilines is 2. The molecule has 14 nitrogen and oxygen atoms in total. The summed E-state index contributed by atoms with van der Waals surface area (Å²) in [4.78, 5) is 40.5. The zero-order chi connectivity index (χ0) is 46.5. The predicted molar refractivity (Wildman–Crippen MR) is 263 cm³/mol. The van der Waals surface area contributed by atoms with Gasteiger partial charge in [0.05, 0.1) is 21.6 Å². The van der Waals surface area contributed by atoms with Crippen LogP contribution in [0.4, 0.5) is 17.1 Å². The molecular weight excluding hydrogens is 888 g/mol. The number of nitrogens with one attached hydrogen (secondary N) is 3. The number of ether oxygens (including phenoxy) is 1. The van der Waals surface area contributed by atoms with Crippen molar-refractivity contribution in [1.29, 1.82) is 0 Å². The highest BCUT2D eigenvalue weighted by atomic mass is 35.5. The number of sulfonamides is 1. The number of carbonyl (C=O) groups is 1. The zero-order valence-corrected chi connectivity index (χ0v) is 39.8. The molecule has 3 saturated carbocycles. The summed E-state index contributed by atoms with van der Waals surface area (Å²) in [5, 5.41) is 17.3. The molecule has 5 aliphatic rings. The quantitative estimate of drug-likeness (QED) is 0.0675. The van der Waals surface area contributed by atoms with Gasteiger partial charge in [-0.3, -0.25) is 24.7 Å². The van der Waals surface area contributed by atoms with Crippen LogP contribution in [0.25, 0.3) is 16.6 Å². The topological polar surface area (TPSA) is 166 Å². The lowest BCUT2D eigenvalue weighted by Gasteiger charge is -2.39. The highest BCUT2D eigenvalue weighted by molar-refractivity contribution is 7.90. The minimum atomic E-state index is -4.56. The van der Waals surface area contributed by atoms with E-state index in [0.717, 1.165) is 112 Å². The molecule has 5 aromatic rings. The van der Waals surface area contributed by atoms with E-state index in [-0.39, 0.29) is 34.1 Å². The normalized spacial score (nSPS) is 21.4. The minimum Gasteiger partial charge on any atom is -0.455 e. The number of nitro groups is 1. The lowest BCUT2D eigenvalue weighted by molar-refractivity contribution is -0.384. The average Bonchev–Trinajstić information content (AvgIpc) is 4.27. The standard InChI is InChI=1S/C51H59ClN8O6S/c1-51(2)21-19-35(45(30-51)33-3-5-36(52)6-4-33)32-57-23-25-58(26-24-57)41-15-17-44(48(28-41)66-42-27-34-20-22-53-49(34)54-31-42)50(61)56-67(64,65)43-16-18-46(47(29-43)60(62)63)55-37-7-9-38(10-8-37)59(39-11-12-39)40-13-14-40/h3-6,15-18,20,22,27-29,31,37-40,55H,7-14,19,21,23-26,30,32H2,1-2H3,(H,53,54)(H,56,61)/t37-,38-. The Morgan fingerprint density at radius 2 is 1.63 bits per heavy atom. The number of carbonyl (C=O) groups excluding carboxylic acids is 1. The van der Waals surface area contributed by atoms with Crippen molar-refractivity contribution in [2.75, 3.05) is 42.9 Å². The van der Waals surface area contributed by atoms with Gasteiger partial charge in [-0.1, -0.05) is 43.2 Å². The van der Waals surface area contributed by atoms with Crippen LogP contribution < -0.4 is 19.7 Å². The molecule has 67 heavy (non-hydrogen) atoms. The van der Waals surface area contributed by atoms with Gasteiger partial charge >= 0.3 is 0 Å². The van der Waals surface area contributed by atoms with Crippen LogP contribution in [-0.4, -0.2) is 95.9 Å². The van der Waals surface area contributed by atoms with Gasteiger partial charge in [0, 0.05) is 91.3 Å². The number of rotatable bonds is 15. The van der Waals surface area contributed by atoms with Gasteiger partial charge in [-0.05, 0) is 136 Å². The summed E-state index contributed by atoms with van der Waals surface area (Å²) in [7, 11) is -4.56. The number of halogens is 1. The van der Waals surface area contributed by atoms with Crippen LogP contribution in [0.5, 0.6) is 11.5 Å². The Bertz CT molecular complexity index is 2790. The van der Waals surface area contributed by atoms with Gasteiger partial charge in [0.2, 0.25) is 0 Å². The SMILES string of the molecule is CC1(C)CCC(CN2CCN(c3ccc(C(=O)NS(=O)(=O)c4ccc(N[C@H]5CC[C@H](N(C6CC6)C6CC6)CC5)c([N+](=O)[O-])c4)c(Oc4cnc5[nH]ccc5c4)c3)CC2)=C(c2ccc(Cl)cc2)C1. The molecule has 3 N–H and O–H groups in total. The molecule has 10 rings (SSSR count). The summed E-state index contributed by atoms with van der Waals surface area (Å²) in [5.41, 5.74) is 5.72. The van der Waals surface area contributed by atoms with Gasteiger partial charge in [-0.25, -0.2) is 18.1 Å². The van der Waals surface area contributed by atoms with Crippen LogP contribution in [0.3, 0.4) is 0 Å². The molecule has 0 atom stereocenters. The Morgan fingerprint density at radius 3 is 2.31 bits per heavy atom. The number of pyridine rings is 1. The van der Waals surface area contributed by atoms with Crippen LogP contribution in [0.15, 0.2) is 95.7 Å². The number of benzene rings is 3. The molecule has 1 amide bonds. The van der Waals surface area contributed by atoms with Gasteiger partial charge in [-0.15, -0.1) is 0 Å². The van der Waals surface area contributed by atoms with Gasteiger partial charge in [0.25, 0.3) is 21.6 Å². The van der Waals surface area contributed by atoms with Crippen molar-refractivity contribution in [2.24, 2.45) is 5.41 Å². The molecule has 4 fully saturated rings. The molecule has 2 aromatic heterocycles. The summed E-state index contributed by atoms with van der Waals surface area (Å²) in [6, 6.07) is 22.8. The molecule has 16 heteroatoms. The van der Waals surface area contributed by atoms with Gasteiger partial charge in [-0.2, -0.15) is 0 Å². The number of H-pyrrole nitrogens is 1. The maximum absolute atomic E-state index is 14.1. The molecule has 0 bridgehead atoms. The maximum Gasteiger partial charge on any atom is 0.293 e. The number of aromatic amines is 1. The molecular formula is C51H59ClN8O6S. The smallest absolute Gasteiger partial charge is 0.293 e. The zero-order valence-electron chi connectivity index (χ0n) is 38.2. The average molecular weight is 948 g/mol. The first-order valence-corrected chi connectivity index (χ1v) is 25.7. The molecule has 3 aromatic carbocycles. The molecule has 3 heterocycles. The highest BCUT2D eigenvalue weighted by Crippen LogP contribution is 2.45. The first kappa shape index (κ1) is 45.3. The second-order valence-corrected chi connectivity index (χ2v) is 22.1. The molecule has 0 radical (unpaired) electrons. The number of amides is 1. The molecule has 0 unspecified atom stereocenters. The van der Waals surface area contributed by atoms with Crippen molar-refractivity contribution in [2.45, 2.75) is 114 Å². The van der Waals surface area contributed by atoms with Crippen LogP contribution >= 0.6 is 11.6 Å². The number of piperazine rings is 1. The van der Waals surface area contributed by atoms with Crippen LogP contribution in [0, 0.1) is 15.5 Å². The lowest BCUT2D eigenvalue weighted by atomic mass is 9.72. The van der Waals surface area contributed by atoms with Crippen molar-refractivity contribution in [3.8, 4) is 11.5 Å². The van der Waals surface area contributed by atoms with E-state index in [1.54, 1.807) is 36.7 Å². The third-order valence-electron chi connectivity index (χ3n) is 14.5. The van der Waals surface area contributed by atoms with Crippen molar-refractivity contribution >= 4 is 61.2 Å². The number of allylic oxidation sites excluding steroid dienone is 1. The Hall–Kier alpha value is -5.48. The van der Waals surface area contributed by atoms with E-state index in [1.807, 2.05) is 18.2 Å². The fourth-order valence-electron chi connectivity index (χ4n) is 10.5. The van der Waals surface area contributed by atoms with E-state index >= 15 is 0 Å². The largest absolute Gasteiger partial charge is 0.455 e. The molecule has 4 aliphatic carbocycles. The Labute approximate surface area is 397 Å². The van der Waals surface area contributed by atoms with Crippen LogP contribution in [-0.2, 0) is 10.0 Å². The Morgan fingerprint density at radius 1 is 0.925 bits per heavy atom. The number of hydrogen-bond acceptors (Lipinski definition) is 11. The second kappa shape index (κ2) is 18.5. The van der Waals surface area contributed by atoms with E-state index in [1.165, 1.54) is 54.5 Å². The van der Waals surface area contributed by atoms with E-state index < -0.39 is 25.7 Å². The second-order valence-electron chi connectivity index (χ2n) is 20.0. The Kier molecular flexibility index (Phi) is 12.5. The van der Waals surface area contributed by atoms with Crippen LogP contribution in [0.2, 0.25) is 5.02 Å². The number of fused-ring (bicyclic) bond motifs is 1. The molecule has 1 saturated heterocycles. The maximum atomic E-state index is 14.1. The summed E-state index contributed by atoms with van der Waals surface area (Å²) < 4.78 is 36.3. The van der Waals surface area contributed by atoms with Crippen molar-refractivity contribution in [3.63, 3.8) is 0 Å². The Balaban J connectivity index is 0.840. The van der Waals surface area contributed by atoms with E-state index in [2.05, 4.69) is 60.7 Å². The fourth-order valence-corrected chi connectivity index (χ4v) is 11.7. The van der Waals surface area contributed by atoms with Crippen molar-refractivity contribution in [1.82, 2.24) is 24.5 Å². The number of aromatic nitrogens is 2. The van der Waals surface area contributed by atoms with Gasteiger partial charge in [0.1, 0.15) is 22.8 Å². The summed E-state index contributed by atoms with van der Waals surface area (Å²) >= 11 is 6.26. The summed E-state index contributed by atoms with van der Waals surface area (Å²) in [5.74, 6) is -0.429. The van der Waals surface area contributed by atoms with E-state index in [4.69, 9.17) is 16.3 Å². The summed E-state index contributed by atoms with van der Waals surface area (Å²) in [6.07, 6.45) is 15.5. The fraction of sp³-hybridized carbons (Fsp3) is 0.451. The molecule has 352 valence electrons. The summed E-state index contributed by atoms with van der Waals surface area (Å²) in [6.45, 7) is 8.68. The van der Waals surface area contributed by atoms with Crippen molar-refractivity contribution < 1.29 is 22.9 Å². The number of nitro benzene ring substituents is 1. The first-order chi connectivity index (χ1) is 32.2. The number of nitrogens with zero attached hydrogens (tertiary/aromatic N) is 5. The monoisotopic (exact) mass is 946 g/mol. The van der Waals surface area contributed by atoms with E-state index in [9.17, 15) is 23.3 Å². The molecule has 1 aliphatic heterocycles. The third kappa shape index (κ3) is 10.3. The third-order valence-corrected chi connectivity index (χ3v) is 16.0. The molecule has 0 spiro atoms. The van der Waals surface area contributed by atoms with E-state index in [0.29, 0.717) is 17.4 Å². The lowest BCUT2D eigenvalue weighted by Crippen LogP contribution is -2.47. The van der Waals surface area contributed by atoms with Crippen LogP contribution in [0.1, 0.15) is 100 Å². The van der Waals surface area contributed by atoms with Gasteiger partial charge in [0.15, 0.2) is 0 Å².